The first-order valence-electron chi connectivity index (χ1n) is 22.0. The first-order valence-corrected chi connectivity index (χ1v) is 27.1. The zero-order chi connectivity index (χ0) is 43.8. The van der Waals surface area contributed by atoms with Gasteiger partial charge >= 0.3 is 0 Å². The van der Waals surface area contributed by atoms with E-state index in [-0.39, 0.29) is 11.2 Å². The Labute approximate surface area is 384 Å². The number of hydrogen-bond acceptors (Lipinski definition) is 9. The number of fused-ring (bicyclic) bond motifs is 3. The van der Waals surface area contributed by atoms with E-state index >= 15 is 0 Å². The quantitative estimate of drug-likeness (QED) is 0.0731. The van der Waals surface area contributed by atoms with Gasteiger partial charge in [-0.1, -0.05) is 133 Å². The van der Waals surface area contributed by atoms with Gasteiger partial charge in [-0.15, -0.1) is 68.0 Å². The molecule has 60 heavy (non-hydrogen) atoms. The van der Waals surface area contributed by atoms with Crippen LogP contribution in [0.2, 0.25) is 0 Å². The molecule has 6 aromatic heterocycles. The van der Waals surface area contributed by atoms with Crippen molar-refractivity contribution in [3.05, 3.63) is 68.1 Å². The minimum Gasteiger partial charge on any atom is -0.468 e. The molecule has 1 atom stereocenters. The summed E-state index contributed by atoms with van der Waals surface area (Å²) < 4.78 is 22.9. The Morgan fingerprint density at radius 2 is 1.42 bits per heavy atom. The van der Waals surface area contributed by atoms with E-state index in [1.54, 1.807) is 16.7 Å². The third-order valence-electron chi connectivity index (χ3n) is 10.1. The first kappa shape index (κ1) is 50.2. The summed E-state index contributed by atoms with van der Waals surface area (Å²) in [5, 5.41) is 9.30. The Morgan fingerprint density at radius 3 is 2.07 bits per heavy atom. The van der Waals surface area contributed by atoms with Crippen molar-refractivity contribution in [1.29, 1.82) is 0 Å². The van der Waals surface area contributed by atoms with Crippen molar-refractivity contribution in [1.82, 2.24) is 0 Å². The highest BCUT2D eigenvalue weighted by atomic mass is 32.1. The van der Waals surface area contributed by atoms with Crippen LogP contribution in [0, 0.1) is 11.7 Å². The van der Waals surface area contributed by atoms with Crippen molar-refractivity contribution >= 4 is 105 Å². The van der Waals surface area contributed by atoms with Crippen molar-refractivity contribution in [3.8, 4) is 30.6 Å². The fraction of sp³-hybridized carbons (Fsp3) is 0.500. The number of carbonyl (C=O) groups is 1. The zero-order valence-corrected chi connectivity index (χ0v) is 42.5. The van der Waals surface area contributed by atoms with Crippen LogP contribution >= 0.6 is 68.0 Å². The van der Waals surface area contributed by atoms with E-state index in [1.165, 1.54) is 136 Å². The van der Waals surface area contributed by atoms with Crippen molar-refractivity contribution < 1.29 is 13.9 Å². The first-order chi connectivity index (χ1) is 28.9. The third-order valence-corrected chi connectivity index (χ3v) is 17.1. The van der Waals surface area contributed by atoms with E-state index in [0.717, 1.165) is 22.4 Å². The monoisotopic (exact) mass is 925 g/mol. The number of benzene rings is 1. The van der Waals surface area contributed by atoms with E-state index in [1.807, 2.05) is 78.4 Å². The lowest BCUT2D eigenvalue weighted by atomic mass is 9.93. The Kier molecular flexibility index (Phi) is 20.9. The average Bonchev–Trinajstić information content (AvgIpc) is 4.08. The summed E-state index contributed by atoms with van der Waals surface area (Å²) in [6.45, 7) is 22.8. The maximum atomic E-state index is 14.5. The van der Waals surface area contributed by atoms with Crippen LogP contribution < -0.4 is 5.73 Å². The van der Waals surface area contributed by atoms with Crippen molar-refractivity contribution in [2.24, 2.45) is 11.7 Å². The second kappa shape index (κ2) is 25.0. The van der Waals surface area contributed by atoms with Crippen LogP contribution in [0.25, 0.3) is 60.9 Å². The maximum Gasteiger partial charge on any atom is 0.293 e. The summed E-state index contributed by atoms with van der Waals surface area (Å²) in [4.78, 5) is 17.8. The summed E-state index contributed by atoms with van der Waals surface area (Å²) in [7, 11) is 0. The summed E-state index contributed by atoms with van der Waals surface area (Å²) in [5.74, 6) is 0.649. The van der Waals surface area contributed by atoms with Crippen LogP contribution in [0.4, 0.5) is 4.39 Å². The molecule has 0 radical (unpaired) electrons. The second-order valence-corrected chi connectivity index (χ2v) is 22.4. The number of thiophene rings is 6. The summed E-state index contributed by atoms with van der Waals surface area (Å²) >= 11 is 10.9. The molecule has 0 fully saturated rings. The fourth-order valence-electron chi connectivity index (χ4n) is 7.00. The van der Waals surface area contributed by atoms with E-state index in [0.29, 0.717) is 19.1 Å². The molecule has 3 nitrogen and oxygen atoms in total. The topological polar surface area (TPSA) is 52.3 Å². The number of ether oxygens (including phenoxy) is 1. The lowest BCUT2D eigenvalue weighted by Gasteiger charge is -2.15. The van der Waals surface area contributed by atoms with Gasteiger partial charge in [0.05, 0.1) is 16.2 Å². The highest BCUT2D eigenvalue weighted by Crippen LogP contribution is 2.55. The van der Waals surface area contributed by atoms with Crippen LogP contribution in [-0.2, 0) is 21.4 Å². The molecule has 7 rings (SSSR count). The molecule has 1 aromatic carbocycles. The molecule has 1 unspecified atom stereocenters. The highest BCUT2D eigenvalue weighted by Gasteiger charge is 2.27. The molecule has 10 heteroatoms. The molecular weight excluding hydrogens is 858 g/mol. The standard InChI is InChI=1S/C36H35FS6.C9H18O2.C3H9N.C2H6/c1-6-8-10-20(7-2)15-21-12-13-27(41-21)31-23-17-29(36(3,4)5)43-33(23)30(26-11-9-14-38-26)22-16-28(42-32(22)31)35-34-24(18-39-35)25(37)19-40-34;1-2-3-4-5-6-7-8-11-9-10;1-3(2)4;1-2/h9,11-14,16-20H,6-8,10,15H2,1-5H3;9H,2-8H2,1H3;3H,4H2,1-2H3;1-2H3. The van der Waals surface area contributed by atoms with Crippen LogP contribution in [-0.4, -0.2) is 19.1 Å². The van der Waals surface area contributed by atoms with Gasteiger partial charge in [0, 0.05) is 71.8 Å². The largest absolute Gasteiger partial charge is 0.468 e. The van der Waals surface area contributed by atoms with Gasteiger partial charge < -0.3 is 10.5 Å². The molecule has 7 aromatic rings. The number of unbranched alkanes of at least 4 members (excludes halogenated alkanes) is 6. The van der Waals surface area contributed by atoms with E-state index in [2.05, 4.69) is 88.1 Å². The predicted octanol–water partition coefficient (Wildman–Crippen LogP) is 18.6. The van der Waals surface area contributed by atoms with E-state index < -0.39 is 0 Å². The minimum atomic E-state index is -0.103. The third kappa shape index (κ3) is 13.3. The molecule has 0 aliphatic rings. The lowest BCUT2D eigenvalue weighted by molar-refractivity contribution is -0.128. The number of hydrogen-bond donors (Lipinski definition) is 1. The van der Waals surface area contributed by atoms with Crippen LogP contribution in [0.5, 0.6) is 0 Å². The molecular formula is C50H68FNO2S6. The van der Waals surface area contributed by atoms with E-state index in [4.69, 9.17) is 5.73 Å². The minimum absolute atomic E-state index is 0.0757. The number of carbonyl (C=O) groups excluding carboxylic acids is 1. The van der Waals surface area contributed by atoms with Gasteiger partial charge in [-0.05, 0) is 65.9 Å². The number of halogens is 1. The molecule has 0 saturated heterocycles. The van der Waals surface area contributed by atoms with Crippen molar-refractivity contribution in [2.75, 3.05) is 6.61 Å². The Balaban J connectivity index is 0.000000398. The second-order valence-electron chi connectivity index (χ2n) is 16.4. The van der Waals surface area contributed by atoms with Gasteiger partial charge in [-0.25, -0.2) is 4.39 Å². The molecule has 0 saturated carbocycles. The molecule has 0 spiro atoms. The van der Waals surface area contributed by atoms with Crippen LogP contribution in [0.1, 0.15) is 143 Å². The van der Waals surface area contributed by atoms with Gasteiger partial charge in [-0.2, -0.15) is 0 Å². The van der Waals surface area contributed by atoms with E-state index in [9.17, 15) is 9.18 Å². The summed E-state index contributed by atoms with van der Waals surface area (Å²) in [6, 6.07) is 14.4. The van der Waals surface area contributed by atoms with Gasteiger partial charge in [0.2, 0.25) is 0 Å². The molecule has 0 aliphatic heterocycles. The maximum absolute atomic E-state index is 14.5. The molecule has 328 valence electrons. The predicted molar refractivity (Wildman–Crippen MR) is 274 cm³/mol. The Hall–Kier alpha value is -2.44. The van der Waals surface area contributed by atoms with Gasteiger partial charge in [0.15, 0.2) is 0 Å². The Bertz CT molecular complexity index is 2290. The van der Waals surface area contributed by atoms with Crippen molar-refractivity contribution in [3.63, 3.8) is 0 Å². The normalized spacial score (nSPS) is 11.9. The Morgan fingerprint density at radius 1 is 0.750 bits per heavy atom. The van der Waals surface area contributed by atoms with Gasteiger partial charge in [0.1, 0.15) is 5.82 Å². The van der Waals surface area contributed by atoms with Gasteiger partial charge in [-0.3, -0.25) is 4.79 Å². The van der Waals surface area contributed by atoms with Gasteiger partial charge in [0.25, 0.3) is 6.47 Å². The SMILES string of the molecule is CC.CC(C)N.CCCCC(CC)Cc1ccc(-c2c3cc(C(C)(C)C)sc3c(-c3cccs3)c3cc(-c4scc5c(F)csc45)sc23)s1.CCCCCCCCOC=O. The average molecular weight is 926 g/mol. The highest BCUT2D eigenvalue weighted by molar-refractivity contribution is 7.30. The molecule has 0 amide bonds. The number of nitrogens with two attached hydrogens (primary N) is 1. The zero-order valence-electron chi connectivity index (χ0n) is 37.6. The lowest BCUT2D eigenvalue weighted by Crippen LogP contribution is -2.07. The van der Waals surface area contributed by atoms with Crippen LogP contribution in [0.3, 0.4) is 0 Å². The summed E-state index contributed by atoms with van der Waals surface area (Å²) in [5.41, 5.74) is 7.93. The van der Waals surface area contributed by atoms with Crippen LogP contribution in [0.15, 0.2) is 52.5 Å². The summed E-state index contributed by atoms with van der Waals surface area (Å²) in [6.07, 6.45) is 13.7. The van der Waals surface area contributed by atoms with Crippen molar-refractivity contribution in [2.45, 2.75) is 151 Å². The fourth-order valence-corrected chi connectivity index (χ4v) is 14.0. The number of rotatable bonds is 17. The molecule has 0 bridgehead atoms. The molecule has 2 N–H and O–H groups in total. The molecule has 0 aliphatic carbocycles. The molecule has 6 heterocycles. The smallest absolute Gasteiger partial charge is 0.293 e.